The van der Waals surface area contributed by atoms with Gasteiger partial charge in [-0.15, -0.1) is 0 Å². The summed E-state index contributed by atoms with van der Waals surface area (Å²) in [6, 6.07) is 1.67. The predicted molar refractivity (Wildman–Crippen MR) is 70.4 cm³/mol. The maximum Gasteiger partial charge on any atom is 0.252 e. The van der Waals surface area contributed by atoms with Gasteiger partial charge in [0, 0.05) is 16.7 Å². The minimum Gasteiger partial charge on any atom is -0.398 e. The summed E-state index contributed by atoms with van der Waals surface area (Å²) in [5.41, 5.74) is 5.42. The quantitative estimate of drug-likeness (QED) is 0.735. The van der Waals surface area contributed by atoms with Crippen molar-refractivity contribution < 1.29 is 26.7 Å². The number of nitrogen functional groups attached to an aromatic ring is 1. The van der Waals surface area contributed by atoms with Crippen LogP contribution in [0.25, 0.3) is 0 Å². The summed E-state index contributed by atoms with van der Waals surface area (Å²) in [4.78, 5) is -0.813. The van der Waals surface area contributed by atoms with Crippen molar-refractivity contribution in [2.45, 2.75) is 11.3 Å². The van der Waals surface area contributed by atoms with Crippen molar-refractivity contribution in [3.05, 3.63) is 22.4 Å². The zero-order chi connectivity index (χ0) is 15.5. The third-order valence-corrected chi connectivity index (χ3v) is 4.93. The van der Waals surface area contributed by atoms with Gasteiger partial charge in [0.05, 0.1) is 13.2 Å². The molecule has 0 spiro atoms. The van der Waals surface area contributed by atoms with Crippen LogP contribution in [-0.4, -0.2) is 44.0 Å². The molecular weight excluding hydrogens is 365 g/mol. The first-order valence-corrected chi connectivity index (χ1v) is 7.57. The molecule has 1 aromatic rings. The Balaban J connectivity index is 3.29. The van der Waals surface area contributed by atoms with Crippen LogP contribution in [0.5, 0.6) is 0 Å². The van der Waals surface area contributed by atoms with Gasteiger partial charge >= 0.3 is 0 Å². The normalized spacial score (nSPS) is 12.3. The first-order valence-electron chi connectivity index (χ1n) is 5.33. The van der Waals surface area contributed by atoms with Gasteiger partial charge in [-0.3, -0.25) is 0 Å². The maximum atomic E-state index is 13.7. The lowest BCUT2D eigenvalue weighted by Crippen LogP contribution is -2.37. The van der Waals surface area contributed by atoms with Gasteiger partial charge in [-0.05, 0) is 28.1 Å². The molecule has 5 nitrogen and oxygen atoms in total. The van der Waals surface area contributed by atoms with E-state index in [0.717, 1.165) is 12.1 Å². The van der Waals surface area contributed by atoms with Gasteiger partial charge in [0.15, 0.2) is 0 Å². The molecule has 0 saturated carbocycles. The molecule has 0 saturated heterocycles. The number of anilines is 1. The standard InChI is InChI=1S/C10H12BrF3N2O3S/c11-6-3-7(12)9(4-8(6)15)20(18,19)16(1-2-17)5-10(13)14/h3-4,10,17H,1-2,5,15H2. The number of hydrogen-bond acceptors (Lipinski definition) is 4. The monoisotopic (exact) mass is 376 g/mol. The van der Waals surface area contributed by atoms with Crippen molar-refractivity contribution in [1.82, 2.24) is 4.31 Å². The summed E-state index contributed by atoms with van der Waals surface area (Å²) in [6.45, 7) is -2.38. The number of benzene rings is 1. The molecule has 1 rings (SSSR count). The molecule has 0 amide bonds. The van der Waals surface area contributed by atoms with Crippen molar-refractivity contribution in [3.8, 4) is 0 Å². The molecular formula is C10H12BrF3N2O3S. The van der Waals surface area contributed by atoms with Crippen LogP contribution in [0.4, 0.5) is 18.9 Å². The Morgan fingerprint density at radius 1 is 1.40 bits per heavy atom. The summed E-state index contributed by atoms with van der Waals surface area (Å²) < 4.78 is 63.2. The van der Waals surface area contributed by atoms with Gasteiger partial charge in [-0.2, -0.15) is 4.31 Å². The van der Waals surface area contributed by atoms with Crippen LogP contribution in [0.1, 0.15) is 0 Å². The van der Waals surface area contributed by atoms with E-state index in [4.69, 9.17) is 10.8 Å². The Bertz CT molecular complexity index is 583. The lowest BCUT2D eigenvalue weighted by molar-refractivity contribution is 0.113. The summed E-state index contributed by atoms with van der Waals surface area (Å²) >= 11 is 2.92. The van der Waals surface area contributed by atoms with E-state index in [1.54, 1.807) is 0 Å². The molecule has 114 valence electrons. The highest BCUT2D eigenvalue weighted by molar-refractivity contribution is 9.10. The molecule has 0 aliphatic heterocycles. The number of sulfonamides is 1. The zero-order valence-corrected chi connectivity index (χ0v) is 12.5. The van der Waals surface area contributed by atoms with Gasteiger partial charge < -0.3 is 10.8 Å². The molecule has 0 aromatic heterocycles. The topological polar surface area (TPSA) is 83.6 Å². The highest BCUT2D eigenvalue weighted by Gasteiger charge is 2.30. The van der Waals surface area contributed by atoms with Crippen molar-refractivity contribution in [1.29, 1.82) is 0 Å². The second-order valence-corrected chi connectivity index (χ2v) is 6.54. The molecule has 0 aliphatic carbocycles. The Hall–Kier alpha value is -0.840. The number of rotatable bonds is 6. The maximum absolute atomic E-state index is 13.7. The van der Waals surface area contributed by atoms with Crippen LogP contribution in [0.2, 0.25) is 0 Å². The van der Waals surface area contributed by atoms with Crippen molar-refractivity contribution >= 4 is 31.6 Å². The van der Waals surface area contributed by atoms with Gasteiger partial charge in [-0.1, -0.05) is 0 Å². The van der Waals surface area contributed by atoms with Crippen LogP contribution in [0.3, 0.4) is 0 Å². The number of hydrogen-bond donors (Lipinski definition) is 2. The molecule has 0 aliphatic rings. The number of aliphatic hydroxyl groups excluding tert-OH is 1. The molecule has 3 N–H and O–H groups in total. The van der Waals surface area contributed by atoms with E-state index in [9.17, 15) is 21.6 Å². The number of aliphatic hydroxyl groups is 1. The van der Waals surface area contributed by atoms with Crippen LogP contribution in [-0.2, 0) is 10.0 Å². The molecule has 0 heterocycles. The lowest BCUT2D eigenvalue weighted by Gasteiger charge is -2.21. The van der Waals surface area contributed by atoms with Gasteiger partial charge in [0.2, 0.25) is 10.0 Å². The number of alkyl halides is 2. The fourth-order valence-corrected chi connectivity index (χ4v) is 3.26. The van der Waals surface area contributed by atoms with Crippen LogP contribution >= 0.6 is 15.9 Å². The Labute approximate surface area is 122 Å². The molecule has 0 radical (unpaired) electrons. The van der Waals surface area contributed by atoms with E-state index in [1.807, 2.05) is 0 Å². The van der Waals surface area contributed by atoms with Crippen LogP contribution < -0.4 is 5.73 Å². The highest BCUT2D eigenvalue weighted by Crippen LogP contribution is 2.28. The second-order valence-electron chi connectivity index (χ2n) is 3.78. The average Bonchev–Trinajstić information content (AvgIpc) is 2.32. The predicted octanol–water partition coefficient (Wildman–Crippen LogP) is 1.42. The smallest absolute Gasteiger partial charge is 0.252 e. The fourth-order valence-electron chi connectivity index (χ4n) is 1.46. The number of halogens is 4. The van der Waals surface area contributed by atoms with Gasteiger partial charge in [0.1, 0.15) is 10.7 Å². The Morgan fingerprint density at radius 2 is 2.00 bits per heavy atom. The molecule has 0 bridgehead atoms. The van der Waals surface area contributed by atoms with Crippen molar-refractivity contribution in [3.63, 3.8) is 0 Å². The molecule has 1 aromatic carbocycles. The second kappa shape index (κ2) is 6.74. The first-order chi connectivity index (χ1) is 9.20. The number of nitrogens with two attached hydrogens (primary N) is 1. The van der Waals surface area contributed by atoms with E-state index in [2.05, 4.69) is 15.9 Å². The molecule has 0 fully saturated rings. The largest absolute Gasteiger partial charge is 0.398 e. The summed E-state index contributed by atoms with van der Waals surface area (Å²) in [5, 5.41) is 8.75. The zero-order valence-electron chi connectivity index (χ0n) is 10.1. The van der Waals surface area contributed by atoms with E-state index >= 15 is 0 Å². The van der Waals surface area contributed by atoms with E-state index in [1.165, 1.54) is 0 Å². The third-order valence-electron chi connectivity index (χ3n) is 2.36. The Morgan fingerprint density at radius 3 is 2.50 bits per heavy atom. The van der Waals surface area contributed by atoms with E-state index in [0.29, 0.717) is 4.31 Å². The first kappa shape index (κ1) is 17.2. The minimum atomic E-state index is -4.51. The molecule has 10 heteroatoms. The van der Waals surface area contributed by atoms with Crippen molar-refractivity contribution in [2.75, 3.05) is 25.4 Å². The molecule has 20 heavy (non-hydrogen) atoms. The van der Waals surface area contributed by atoms with Gasteiger partial charge in [-0.25, -0.2) is 21.6 Å². The molecule has 0 atom stereocenters. The van der Waals surface area contributed by atoms with E-state index in [-0.39, 0.29) is 10.2 Å². The Kier molecular flexibility index (Phi) is 5.80. The van der Waals surface area contributed by atoms with Gasteiger partial charge in [0.25, 0.3) is 6.43 Å². The average molecular weight is 377 g/mol. The highest BCUT2D eigenvalue weighted by atomic mass is 79.9. The lowest BCUT2D eigenvalue weighted by atomic mass is 10.3. The third kappa shape index (κ3) is 3.84. The van der Waals surface area contributed by atoms with Crippen molar-refractivity contribution in [2.24, 2.45) is 0 Å². The van der Waals surface area contributed by atoms with E-state index < -0.39 is 46.9 Å². The van der Waals surface area contributed by atoms with Crippen LogP contribution in [0.15, 0.2) is 21.5 Å². The fraction of sp³-hybridized carbons (Fsp3) is 0.400. The summed E-state index contributed by atoms with van der Waals surface area (Å²) in [6.07, 6.45) is -2.95. The SMILES string of the molecule is Nc1cc(S(=O)(=O)N(CCO)CC(F)F)c(F)cc1Br. The minimum absolute atomic E-state index is 0.0500. The van der Waals surface area contributed by atoms with Crippen LogP contribution in [0, 0.1) is 5.82 Å². The summed E-state index contributed by atoms with van der Waals surface area (Å²) in [7, 11) is -4.51. The molecule has 0 unspecified atom stereocenters. The number of nitrogens with zero attached hydrogens (tertiary/aromatic N) is 1. The summed E-state index contributed by atoms with van der Waals surface area (Å²) in [5.74, 6) is -1.12.